The van der Waals surface area contributed by atoms with Crippen molar-refractivity contribution in [2.75, 3.05) is 24.7 Å². The third-order valence-electron chi connectivity index (χ3n) is 5.50. The zero-order valence-corrected chi connectivity index (χ0v) is 19.5. The minimum atomic E-state index is -0.451. The summed E-state index contributed by atoms with van der Waals surface area (Å²) in [5, 5.41) is 13.5. The topological polar surface area (TPSA) is 74.2 Å². The van der Waals surface area contributed by atoms with Crippen LogP contribution in [0.1, 0.15) is 29.7 Å². The van der Waals surface area contributed by atoms with E-state index in [-0.39, 0.29) is 18.3 Å². The van der Waals surface area contributed by atoms with Crippen LogP contribution in [-0.2, 0) is 6.61 Å². The van der Waals surface area contributed by atoms with E-state index in [4.69, 9.17) is 0 Å². The third-order valence-corrected chi connectivity index (χ3v) is 7.58. The number of hydrogen-bond donors (Lipinski definition) is 2. The lowest BCUT2D eigenvalue weighted by Gasteiger charge is -2.30. The van der Waals surface area contributed by atoms with Crippen molar-refractivity contribution in [2.45, 2.75) is 39.3 Å². The lowest BCUT2D eigenvalue weighted by Crippen LogP contribution is -2.35. The third kappa shape index (κ3) is 4.90. The molecule has 1 fully saturated rings. The summed E-state index contributed by atoms with van der Waals surface area (Å²) >= 11 is 3.19. The normalized spacial score (nSPS) is 15.4. The Balaban J connectivity index is 1.59. The molecule has 2 N–H and O–H groups in total. The molecule has 4 rings (SSSR count). The maximum atomic E-state index is 14.7. The molecule has 164 valence electrons. The molecule has 0 unspecified atom stereocenters. The molecule has 0 aliphatic carbocycles. The number of aryl methyl sites for hydroxylation is 2. The van der Waals surface area contributed by atoms with E-state index in [0.29, 0.717) is 10.8 Å². The summed E-state index contributed by atoms with van der Waals surface area (Å²) in [7, 11) is 0. The predicted molar refractivity (Wildman–Crippen MR) is 126 cm³/mol. The molecule has 3 aromatic rings. The van der Waals surface area contributed by atoms with E-state index >= 15 is 0 Å². The van der Waals surface area contributed by atoms with Crippen LogP contribution in [0.15, 0.2) is 24.4 Å². The lowest BCUT2D eigenvalue weighted by atomic mass is 10.1. The maximum absolute atomic E-state index is 14.7. The van der Waals surface area contributed by atoms with Crippen molar-refractivity contribution in [3.8, 4) is 21.1 Å². The Morgan fingerprint density at radius 2 is 2.03 bits per heavy atom. The van der Waals surface area contributed by atoms with E-state index in [2.05, 4.69) is 30.8 Å². The maximum Gasteiger partial charge on any atom is 0.223 e. The fraction of sp³-hybridized carbons (Fsp3) is 0.409. The molecule has 1 aliphatic rings. The fourth-order valence-electron chi connectivity index (χ4n) is 3.76. The number of nitrogens with zero attached hydrogens (tertiary/aromatic N) is 4. The van der Waals surface area contributed by atoms with Gasteiger partial charge in [0, 0.05) is 24.7 Å². The molecule has 1 saturated heterocycles. The van der Waals surface area contributed by atoms with Crippen LogP contribution in [0.3, 0.4) is 0 Å². The van der Waals surface area contributed by atoms with E-state index in [1.165, 1.54) is 17.5 Å². The van der Waals surface area contributed by atoms with Gasteiger partial charge in [-0.3, -0.25) is 4.31 Å². The van der Waals surface area contributed by atoms with Gasteiger partial charge in [-0.05, 0) is 44.1 Å². The molecule has 0 saturated carbocycles. The number of nitrogens with one attached hydrogen (secondary N) is 1. The number of rotatable bonds is 6. The minimum absolute atomic E-state index is 0.00149. The summed E-state index contributed by atoms with van der Waals surface area (Å²) in [6, 6.07) is 6.07. The number of anilines is 1. The van der Waals surface area contributed by atoms with Crippen LogP contribution in [0.4, 0.5) is 10.3 Å². The van der Waals surface area contributed by atoms with Crippen molar-refractivity contribution in [3.05, 3.63) is 47.0 Å². The van der Waals surface area contributed by atoms with Crippen molar-refractivity contribution < 1.29 is 9.50 Å². The van der Waals surface area contributed by atoms with Gasteiger partial charge in [0.1, 0.15) is 10.7 Å². The highest BCUT2D eigenvalue weighted by Crippen LogP contribution is 2.37. The van der Waals surface area contributed by atoms with Crippen LogP contribution in [0.25, 0.3) is 21.1 Å². The molecule has 0 spiro atoms. The van der Waals surface area contributed by atoms with Gasteiger partial charge < -0.3 is 10.4 Å². The molecule has 3 heterocycles. The van der Waals surface area contributed by atoms with Crippen LogP contribution in [0.5, 0.6) is 0 Å². The van der Waals surface area contributed by atoms with E-state index in [1.807, 2.05) is 32.0 Å². The van der Waals surface area contributed by atoms with Gasteiger partial charge in [0.25, 0.3) is 0 Å². The number of piperidine rings is 1. The van der Waals surface area contributed by atoms with Gasteiger partial charge in [0.05, 0.1) is 23.4 Å². The Kier molecular flexibility index (Phi) is 6.86. The van der Waals surface area contributed by atoms with E-state index < -0.39 is 5.82 Å². The number of benzene rings is 1. The van der Waals surface area contributed by atoms with Crippen LogP contribution >= 0.6 is 23.3 Å². The average Bonchev–Trinajstić information content (AvgIpc) is 3.16. The fourth-order valence-corrected chi connectivity index (χ4v) is 5.48. The molecule has 31 heavy (non-hydrogen) atoms. The SMILES string of the molecule is CSN1CCC(Nc2ncc(F)c(-c3sc(-c4ccc(CO)cc4C)nc3C)n2)CC1. The second-order valence-electron chi connectivity index (χ2n) is 7.66. The number of aliphatic hydroxyl groups excluding tert-OH is 1. The highest BCUT2D eigenvalue weighted by Gasteiger charge is 2.22. The Bertz CT molecular complexity index is 1070. The van der Waals surface area contributed by atoms with Gasteiger partial charge in [0.15, 0.2) is 5.82 Å². The molecule has 9 heteroatoms. The van der Waals surface area contributed by atoms with Gasteiger partial charge in [0.2, 0.25) is 5.95 Å². The van der Waals surface area contributed by atoms with E-state index in [1.54, 1.807) is 11.9 Å². The first-order valence-corrected chi connectivity index (χ1v) is 12.2. The van der Waals surface area contributed by atoms with Crippen molar-refractivity contribution >= 4 is 29.2 Å². The minimum Gasteiger partial charge on any atom is -0.392 e. The van der Waals surface area contributed by atoms with Crippen molar-refractivity contribution in [2.24, 2.45) is 0 Å². The molecule has 2 aromatic heterocycles. The summed E-state index contributed by atoms with van der Waals surface area (Å²) in [6.45, 7) is 5.89. The van der Waals surface area contributed by atoms with Gasteiger partial charge in [-0.2, -0.15) is 0 Å². The molecular formula is C22H26FN5OS2. The number of hydrogen-bond acceptors (Lipinski definition) is 8. The van der Waals surface area contributed by atoms with Gasteiger partial charge in [-0.25, -0.2) is 19.3 Å². The summed E-state index contributed by atoms with van der Waals surface area (Å²) in [4.78, 5) is 14.1. The Hall–Kier alpha value is -2.07. The standard InChI is InChI=1S/C22H26FN5OS2/c1-13-10-15(12-29)4-5-17(13)21-25-14(2)20(31-21)19-18(23)11-24-22(27-19)26-16-6-8-28(30-3)9-7-16/h4-5,10-11,16,29H,6-9,12H2,1-3H3,(H,24,26,27). The van der Waals surface area contributed by atoms with Crippen molar-refractivity contribution in [1.29, 1.82) is 0 Å². The Morgan fingerprint density at radius 1 is 1.26 bits per heavy atom. The van der Waals surface area contributed by atoms with Crippen LogP contribution in [-0.4, -0.2) is 49.8 Å². The molecule has 6 nitrogen and oxygen atoms in total. The number of halogens is 1. The zero-order valence-electron chi connectivity index (χ0n) is 17.9. The highest BCUT2D eigenvalue weighted by molar-refractivity contribution is 7.96. The van der Waals surface area contributed by atoms with Gasteiger partial charge >= 0.3 is 0 Å². The average molecular weight is 460 g/mol. The summed E-state index contributed by atoms with van der Waals surface area (Å²) in [5.74, 6) is 0.00485. The second kappa shape index (κ2) is 9.60. The predicted octanol–water partition coefficient (Wildman–Crippen LogP) is 4.67. The molecule has 0 atom stereocenters. The molecular weight excluding hydrogens is 433 g/mol. The number of aliphatic hydroxyl groups is 1. The molecule has 1 aromatic carbocycles. The number of thiazole rings is 1. The lowest BCUT2D eigenvalue weighted by molar-refractivity contribution is 0.282. The highest BCUT2D eigenvalue weighted by atomic mass is 32.2. The summed E-state index contributed by atoms with van der Waals surface area (Å²) < 4.78 is 17.0. The quantitative estimate of drug-likeness (QED) is 0.519. The zero-order chi connectivity index (χ0) is 22.0. The van der Waals surface area contributed by atoms with Crippen LogP contribution in [0.2, 0.25) is 0 Å². The van der Waals surface area contributed by atoms with Gasteiger partial charge in [-0.15, -0.1) is 11.3 Å². The van der Waals surface area contributed by atoms with Gasteiger partial charge in [-0.1, -0.05) is 30.1 Å². The summed E-state index contributed by atoms with van der Waals surface area (Å²) in [6.07, 6.45) is 5.34. The van der Waals surface area contributed by atoms with Crippen molar-refractivity contribution in [3.63, 3.8) is 0 Å². The molecule has 0 bridgehead atoms. The molecule has 0 amide bonds. The first kappa shape index (κ1) is 22.1. The molecule has 1 aliphatic heterocycles. The monoisotopic (exact) mass is 459 g/mol. The second-order valence-corrected chi connectivity index (χ2v) is 9.54. The largest absolute Gasteiger partial charge is 0.392 e. The first-order valence-electron chi connectivity index (χ1n) is 10.2. The van der Waals surface area contributed by atoms with E-state index in [9.17, 15) is 9.50 Å². The van der Waals surface area contributed by atoms with Crippen molar-refractivity contribution in [1.82, 2.24) is 19.3 Å². The van der Waals surface area contributed by atoms with Crippen LogP contribution in [0, 0.1) is 19.7 Å². The Labute approximate surface area is 190 Å². The number of aromatic nitrogens is 3. The first-order chi connectivity index (χ1) is 15.0. The smallest absolute Gasteiger partial charge is 0.223 e. The van der Waals surface area contributed by atoms with E-state index in [0.717, 1.165) is 53.3 Å². The van der Waals surface area contributed by atoms with Crippen LogP contribution < -0.4 is 5.32 Å². The summed E-state index contributed by atoms with van der Waals surface area (Å²) in [5.41, 5.74) is 3.88. The molecule has 0 radical (unpaired) electrons. The Morgan fingerprint density at radius 3 is 2.71 bits per heavy atom.